The number of fused-ring (bicyclic) bond motifs is 1. The van der Waals surface area contributed by atoms with Crippen LogP contribution in [0, 0.1) is 23.4 Å². The molecule has 2 aliphatic rings. The van der Waals surface area contributed by atoms with Crippen LogP contribution in [0.1, 0.15) is 30.9 Å². The highest BCUT2D eigenvalue weighted by Crippen LogP contribution is 2.44. The Labute approximate surface area is 121 Å². The largest absolute Gasteiger partial charge is 0.376 e. The van der Waals surface area contributed by atoms with Crippen molar-refractivity contribution in [3.63, 3.8) is 0 Å². The number of H-pyrrole nitrogens is 1. The van der Waals surface area contributed by atoms with Gasteiger partial charge in [-0.05, 0) is 62.0 Å². The van der Waals surface area contributed by atoms with Crippen molar-refractivity contribution in [2.45, 2.75) is 38.3 Å². The van der Waals surface area contributed by atoms with Gasteiger partial charge in [0.05, 0.1) is 23.2 Å². The van der Waals surface area contributed by atoms with E-state index in [-0.39, 0.29) is 18.0 Å². The van der Waals surface area contributed by atoms with Gasteiger partial charge in [0.2, 0.25) is 0 Å². The second kappa shape index (κ2) is 4.40. The Balaban J connectivity index is 1.88. The third-order valence-electron chi connectivity index (χ3n) is 4.52. The van der Waals surface area contributed by atoms with Crippen molar-refractivity contribution in [2.75, 3.05) is 6.61 Å². The van der Waals surface area contributed by atoms with E-state index < -0.39 is 0 Å². The lowest BCUT2D eigenvalue weighted by Gasteiger charge is -2.20. The Morgan fingerprint density at radius 2 is 2.15 bits per heavy atom. The Morgan fingerprint density at radius 3 is 2.90 bits per heavy atom. The minimum atomic E-state index is -0.192. The smallest absolute Gasteiger partial charge is 0.178 e. The Hall–Kier alpha value is -1.20. The summed E-state index contributed by atoms with van der Waals surface area (Å²) < 4.78 is 22.4. The number of aromatic amines is 1. The summed E-state index contributed by atoms with van der Waals surface area (Å²) in [6.45, 7) is 2.58. The normalized spacial score (nSPS) is 26.5. The fraction of sp³-hybridized carbons (Fsp3) is 0.533. The first-order valence-corrected chi connectivity index (χ1v) is 7.58. The molecule has 4 rings (SSSR count). The summed E-state index contributed by atoms with van der Waals surface area (Å²) in [5.74, 6) is 0.484. The zero-order valence-corrected chi connectivity index (χ0v) is 12.2. The molecule has 1 aliphatic heterocycles. The number of hydrogen-bond acceptors (Lipinski definition) is 2. The SMILES string of the molecule is Cc1cc2c(cc1F)[nH]c(=S)n2C1CCOC1C1CC1. The van der Waals surface area contributed by atoms with E-state index in [0.717, 1.165) is 24.1 Å². The molecular weight excluding hydrogens is 275 g/mol. The standard InChI is InChI=1S/C15H17FN2OS/c1-8-6-13-11(7-10(8)16)17-15(20)18(13)12-4-5-19-14(12)9-2-3-9/h6-7,9,12,14H,2-5H2,1H3,(H,17,20). The zero-order chi connectivity index (χ0) is 13.9. The molecule has 0 radical (unpaired) electrons. The minimum Gasteiger partial charge on any atom is -0.376 e. The topological polar surface area (TPSA) is 29.9 Å². The number of aryl methyl sites for hydroxylation is 1. The van der Waals surface area contributed by atoms with E-state index in [1.165, 1.54) is 12.8 Å². The van der Waals surface area contributed by atoms with Crippen molar-refractivity contribution in [1.82, 2.24) is 9.55 Å². The van der Waals surface area contributed by atoms with Crippen LogP contribution in [-0.4, -0.2) is 22.3 Å². The van der Waals surface area contributed by atoms with Crippen molar-refractivity contribution >= 4 is 23.3 Å². The van der Waals surface area contributed by atoms with Crippen LogP contribution in [0.25, 0.3) is 11.0 Å². The fourth-order valence-corrected chi connectivity index (χ4v) is 3.67. The molecule has 0 spiro atoms. The number of aromatic nitrogens is 2. The molecule has 2 unspecified atom stereocenters. The first kappa shape index (κ1) is 12.5. The minimum absolute atomic E-state index is 0.192. The maximum absolute atomic E-state index is 13.7. The quantitative estimate of drug-likeness (QED) is 0.851. The summed E-state index contributed by atoms with van der Waals surface area (Å²) in [6, 6.07) is 3.71. The van der Waals surface area contributed by atoms with E-state index in [4.69, 9.17) is 17.0 Å². The lowest BCUT2D eigenvalue weighted by Crippen LogP contribution is -2.22. The highest BCUT2D eigenvalue weighted by Gasteiger charge is 2.42. The third kappa shape index (κ3) is 1.84. The van der Waals surface area contributed by atoms with Gasteiger partial charge < -0.3 is 14.3 Å². The molecule has 1 aromatic heterocycles. The maximum Gasteiger partial charge on any atom is 0.178 e. The molecule has 1 N–H and O–H groups in total. The average Bonchev–Trinajstić information content (AvgIpc) is 3.06. The molecule has 1 saturated heterocycles. The molecule has 106 valence electrons. The van der Waals surface area contributed by atoms with Crippen LogP contribution >= 0.6 is 12.2 Å². The van der Waals surface area contributed by atoms with Crippen LogP contribution in [0.5, 0.6) is 0 Å². The first-order valence-electron chi connectivity index (χ1n) is 7.17. The predicted octanol–water partition coefficient (Wildman–Crippen LogP) is 3.89. The predicted molar refractivity (Wildman–Crippen MR) is 77.9 cm³/mol. The average molecular weight is 292 g/mol. The van der Waals surface area contributed by atoms with Crippen molar-refractivity contribution < 1.29 is 9.13 Å². The van der Waals surface area contributed by atoms with Crippen molar-refractivity contribution in [3.05, 3.63) is 28.3 Å². The monoisotopic (exact) mass is 292 g/mol. The van der Waals surface area contributed by atoms with Crippen LogP contribution in [0.2, 0.25) is 0 Å². The molecule has 2 fully saturated rings. The molecular formula is C15H17FN2OS. The lowest BCUT2D eigenvalue weighted by molar-refractivity contribution is 0.0756. The van der Waals surface area contributed by atoms with Gasteiger partial charge in [-0.2, -0.15) is 0 Å². The molecule has 2 atom stereocenters. The molecule has 20 heavy (non-hydrogen) atoms. The second-order valence-electron chi connectivity index (χ2n) is 5.95. The Kier molecular flexibility index (Phi) is 2.76. The van der Waals surface area contributed by atoms with E-state index in [9.17, 15) is 4.39 Å². The molecule has 0 bridgehead atoms. The number of ether oxygens (including phenoxy) is 1. The summed E-state index contributed by atoms with van der Waals surface area (Å²) in [4.78, 5) is 3.13. The van der Waals surface area contributed by atoms with Gasteiger partial charge in [-0.3, -0.25) is 0 Å². The highest BCUT2D eigenvalue weighted by atomic mass is 32.1. The summed E-state index contributed by atoms with van der Waals surface area (Å²) in [7, 11) is 0. The molecule has 5 heteroatoms. The highest BCUT2D eigenvalue weighted by molar-refractivity contribution is 7.71. The summed E-state index contributed by atoms with van der Waals surface area (Å²) in [5, 5.41) is 0. The van der Waals surface area contributed by atoms with Gasteiger partial charge >= 0.3 is 0 Å². The molecule has 2 heterocycles. The van der Waals surface area contributed by atoms with Crippen molar-refractivity contribution in [2.24, 2.45) is 5.92 Å². The van der Waals surface area contributed by atoms with Crippen molar-refractivity contribution in [1.29, 1.82) is 0 Å². The van der Waals surface area contributed by atoms with Crippen LogP contribution in [-0.2, 0) is 4.74 Å². The van der Waals surface area contributed by atoms with Crippen LogP contribution in [0.4, 0.5) is 4.39 Å². The van der Waals surface area contributed by atoms with Gasteiger partial charge in [0, 0.05) is 6.61 Å². The fourth-order valence-electron chi connectivity index (χ4n) is 3.33. The molecule has 1 saturated carbocycles. The van der Waals surface area contributed by atoms with Crippen LogP contribution in [0.15, 0.2) is 12.1 Å². The number of halogens is 1. The first-order chi connectivity index (χ1) is 9.65. The number of nitrogens with zero attached hydrogens (tertiary/aromatic N) is 1. The molecule has 1 aromatic carbocycles. The summed E-state index contributed by atoms with van der Waals surface area (Å²) in [5.41, 5.74) is 2.43. The van der Waals surface area contributed by atoms with Gasteiger partial charge in [-0.25, -0.2) is 4.39 Å². The van der Waals surface area contributed by atoms with E-state index in [0.29, 0.717) is 16.3 Å². The van der Waals surface area contributed by atoms with E-state index in [2.05, 4.69) is 9.55 Å². The van der Waals surface area contributed by atoms with E-state index in [1.54, 1.807) is 13.0 Å². The van der Waals surface area contributed by atoms with Crippen LogP contribution < -0.4 is 0 Å². The van der Waals surface area contributed by atoms with Gasteiger partial charge in [0.1, 0.15) is 5.82 Å². The number of nitrogens with one attached hydrogen (secondary N) is 1. The summed E-state index contributed by atoms with van der Waals surface area (Å²) >= 11 is 5.47. The summed E-state index contributed by atoms with van der Waals surface area (Å²) in [6.07, 6.45) is 3.76. The Morgan fingerprint density at radius 1 is 1.35 bits per heavy atom. The van der Waals surface area contributed by atoms with Gasteiger partial charge in [-0.1, -0.05) is 0 Å². The number of rotatable bonds is 2. The van der Waals surface area contributed by atoms with Crippen molar-refractivity contribution in [3.8, 4) is 0 Å². The zero-order valence-electron chi connectivity index (χ0n) is 11.4. The molecule has 1 aliphatic carbocycles. The van der Waals surface area contributed by atoms with Gasteiger partial charge in [-0.15, -0.1) is 0 Å². The maximum atomic E-state index is 13.7. The van der Waals surface area contributed by atoms with Gasteiger partial charge in [0.15, 0.2) is 4.77 Å². The third-order valence-corrected chi connectivity index (χ3v) is 4.82. The Bertz CT molecular complexity index is 731. The van der Waals surface area contributed by atoms with Crippen LogP contribution in [0.3, 0.4) is 0 Å². The molecule has 2 aromatic rings. The second-order valence-corrected chi connectivity index (χ2v) is 6.33. The molecule has 0 amide bonds. The number of imidazole rings is 1. The number of hydrogen-bond donors (Lipinski definition) is 1. The van der Waals surface area contributed by atoms with E-state index >= 15 is 0 Å². The lowest BCUT2D eigenvalue weighted by atomic mass is 10.1. The van der Waals surface area contributed by atoms with Gasteiger partial charge in [0.25, 0.3) is 0 Å². The number of benzene rings is 1. The van der Waals surface area contributed by atoms with E-state index in [1.807, 2.05) is 6.07 Å². The molecule has 3 nitrogen and oxygen atoms in total.